The largest absolute Gasteiger partial charge is 0.493 e. The van der Waals surface area contributed by atoms with Crippen LogP contribution in [0.1, 0.15) is 20.3 Å². The average Bonchev–Trinajstić information content (AvgIpc) is 2.42. The number of halogens is 1. The van der Waals surface area contributed by atoms with Gasteiger partial charge in [0.1, 0.15) is 15.6 Å². The van der Waals surface area contributed by atoms with Crippen LogP contribution in [0.2, 0.25) is 0 Å². The molecule has 0 heterocycles. The van der Waals surface area contributed by atoms with Crippen LogP contribution in [0.4, 0.5) is 5.69 Å². The van der Waals surface area contributed by atoms with E-state index in [9.17, 15) is 13.2 Å². The van der Waals surface area contributed by atoms with E-state index >= 15 is 0 Å². The number of benzene rings is 1. The lowest BCUT2D eigenvalue weighted by atomic mass is 10.2. The lowest BCUT2D eigenvalue weighted by Gasteiger charge is -2.13. The van der Waals surface area contributed by atoms with Crippen LogP contribution in [0.25, 0.3) is 0 Å². The van der Waals surface area contributed by atoms with E-state index in [0.717, 1.165) is 6.26 Å². The molecule has 1 amide bonds. The fourth-order valence-corrected chi connectivity index (χ4v) is 2.32. The summed E-state index contributed by atoms with van der Waals surface area (Å²) in [6, 6.07) is 6.15. The van der Waals surface area contributed by atoms with Crippen LogP contribution in [0.5, 0.6) is 5.75 Å². The van der Waals surface area contributed by atoms with E-state index in [2.05, 4.69) is 5.32 Å². The minimum absolute atomic E-state index is 0. The molecule has 1 unspecified atom stereocenters. The van der Waals surface area contributed by atoms with Gasteiger partial charge in [-0.3, -0.25) is 4.79 Å². The number of sulfone groups is 1. The molecule has 0 bridgehead atoms. The molecule has 0 aliphatic heterocycles. The van der Waals surface area contributed by atoms with E-state index in [0.29, 0.717) is 24.0 Å². The van der Waals surface area contributed by atoms with Gasteiger partial charge in [0.05, 0.1) is 18.4 Å². The Kier molecular flexibility index (Phi) is 9.19. The standard InChI is InChI=1S/C15H24N2O4S.ClH/c1-11(2)10-21-13-6-4-5-12(9-13)17-15(18)14(16)7-8-22(3,19)20;/h4-6,9,11,14H,7-8,10,16H2,1-3H3,(H,17,18);1H. The Hall–Kier alpha value is -1.31. The minimum atomic E-state index is -3.13. The summed E-state index contributed by atoms with van der Waals surface area (Å²) in [5.41, 5.74) is 6.27. The van der Waals surface area contributed by atoms with E-state index < -0.39 is 21.8 Å². The first kappa shape index (κ1) is 21.7. The van der Waals surface area contributed by atoms with Crippen LogP contribution >= 0.6 is 12.4 Å². The zero-order chi connectivity index (χ0) is 16.8. The maximum Gasteiger partial charge on any atom is 0.241 e. The summed E-state index contributed by atoms with van der Waals surface area (Å²) in [4.78, 5) is 11.9. The number of rotatable bonds is 8. The van der Waals surface area contributed by atoms with Gasteiger partial charge >= 0.3 is 0 Å². The first-order valence-electron chi connectivity index (χ1n) is 7.14. The summed E-state index contributed by atoms with van der Waals surface area (Å²) in [7, 11) is -3.13. The van der Waals surface area contributed by atoms with Crippen molar-refractivity contribution in [3.63, 3.8) is 0 Å². The maximum absolute atomic E-state index is 11.9. The van der Waals surface area contributed by atoms with Gasteiger partial charge in [-0.05, 0) is 24.5 Å². The smallest absolute Gasteiger partial charge is 0.241 e. The molecule has 1 rings (SSSR count). The first-order valence-corrected chi connectivity index (χ1v) is 9.20. The van der Waals surface area contributed by atoms with Gasteiger partial charge in [0.15, 0.2) is 0 Å². The van der Waals surface area contributed by atoms with E-state index in [1.807, 2.05) is 19.9 Å². The molecule has 6 nitrogen and oxygen atoms in total. The maximum atomic E-state index is 11.9. The van der Waals surface area contributed by atoms with Crippen LogP contribution in [0, 0.1) is 5.92 Å². The molecule has 0 spiro atoms. The second-order valence-electron chi connectivity index (χ2n) is 5.75. The normalized spacial score (nSPS) is 12.4. The number of carbonyl (C=O) groups excluding carboxylic acids is 1. The lowest BCUT2D eigenvalue weighted by molar-refractivity contribution is -0.117. The molecule has 8 heteroatoms. The minimum Gasteiger partial charge on any atom is -0.493 e. The monoisotopic (exact) mass is 364 g/mol. The number of nitrogens with one attached hydrogen (secondary N) is 1. The van der Waals surface area contributed by atoms with Gasteiger partial charge in [-0.1, -0.05) is 19.9 Å². The highest BCUT2D eigenvalue weighted by Gasteiger charge is 2.16. The highest BCUT2D eigenvalue weighted by molar-refractivity contribution is 7.90. The average molecular weight is 365 g/mol. The van der Waals surface area contributed by atoms with Crippen molar-refractivity contribution >= 4 is 33.8 Å². The van der Waals surface area contributed by atoms with E-state index in [1.54, 1.807) is 18.2 Å². The quantitative estimate of drug-likeness (QED) is 0.733. The Balaban J connectivity index is 0.00000484. The first-order chi connectivity index (χ1) is 10.2. The van der Waals surface area contributed by atoms with E-state index in [4.69, 9.17) is 10.5 Å². The van der Waals surface area contributed by atoms with Crippen LogP contribution in [0.15, 0.2) is 24.3 Å². The Labute approximate surface area is 144 Å². The molecule has 0 aliphatic rings. The summed E-state index contributed by atoms with van der Waals surface area (Å²) in [6.07, 6.45) is 1.21. The van der Waals surface area contributed by atoms with Crippen LogP contribution < -0.4 is 15.8 Å². The molecule has 1 atom stereocenters. The summed E-state index contributed by atoms with van der Waals surface area (Å²) < 4.78 is 27.7. The molecule has 3 N–H and O–H groups in total. The fourth-order valence-electron chi connectivity index (χ4n) is 1.63. The molecule has 132 valence electrons. The van der Waals surface area contributed by atoms with Gasteiger partial charge < -0.3 is 15.8 Å². The molecule has 0 saturated carbocycles. The molecule has 1 aromatic rings. The molecule has 0 aromatic heterocycles. The highest BCUT2D eigenvalue weighted by Crippen LogP contribution is 2.18. The summed E-state index contributed by atoms with van der Waals surface area (Å²) >= 11 is 0. The highest BCUT2D eigenvalue weighted by atomic mass is 35.5. The molecular formula is C15H25ClN2O4S. The van der Waals surface area contributed by atoms with Crippen molar-refractivity contribution in [1.29, 1.82) is 0 Å². The predicted octanol–water partition coefficient (Wildman–Crippen LogP) is 1.84. The van der Waals surface area contributed by atoms with Crippen molar-refractivity contribution in [1.82, 2.24) is 0 Å². The third-order valence-electron chi connectivity index (χ3n) is 2.82. The number of nitrogens with two attached hydrogens (primary N) is 1. The third kappa shape index (κ3) is 9.43. The molecule has 0 aliphatic carbocycles. The van der Waals surface area contributed by atoms with Gasteiger partial charge in [0, 0.05) is 18.0 Å². The fraction of sp³-hybridized carbons (Fsp3) is 0.533. The van der Waals surface area contributed by atoms with Gasteiger partial charge in [-0.2, -0.15) is 0 Å². The number of hydrogen-bond acceptors (Lipinski definition) is 5. The van der Waals surface area contributed by atoms with Gasteiger partial charge in [0.25, 0.3) is 0 Å². The Morgan fingerprint density at radius 2 is 2.00 bits per heavy atom. The zero-order valence-corrected chi connectivity index (χ0v) is 15.2. The SMILES string of the molecule is CC(C)COc1cccc(NC(=O)C(N)CCS(C)(=O)=O)c1.Cl. The number of carbonyl (C=O) groups is 1. The van der Waals surface area contributed by atoms with Crippen LogP contribution in [0.3, 0.4) is 0 Å². The summed E-state index contributed by atoms with van der Waals surface area (Å²) in [5.74, 6) is 0.544. The second kappa shape index (κ2) is 9.75. The predicted molar refractivity (Wildman–Crippen MR) is 95.0 cm³/mol. The Morgan fingerprint density at radius 1 is 1.35 bits per heavy atom. The Morgan fingerprint density at radius 3 is 2.57 bits per heavy atom. The molecule has 0 radical (unpaired) electrons. The van der Waals surface area contributed by atoms with Crippen molar-refractivity contribution in [2.45, 2.75) is 26.3 Å². The number of ether oxygens (including phenoxy) is 1. The van der Waals surface area contributed by atoms with E-state index in [1.165, 1.54) is 0 Å². The lowest BCUT2D eigenvalue weighted by Crippen LogP contribution is -2.37. The molecule has 1 aromatic carbocycles. The second-order valence-corrected chi connectivity index (χ2v) is 8.01. The van der Waals surface area contributed by atoms with Crippen LogP contribution in [-0.2, 0) is 14.6 Å². The van der Waals surface area contributed by atoms with Crippen LogP contribution in [-0.4, -0.2) is 39.0 Å². The number of hydrogen-bond donors (Lipinski definition) is 2. The third-order valence-corrected chi connectivity index (χ3v) is 3.80. The van der Waals surface area contributed by atoms with Gasteiger partial charge in [0.2, 0.25) is 5.91 Å². The van der Waals surface area contributed by atoms with Crippen molar-refractivity contribution in [3.8, 4) is 5.75 Å². The van der Waals surface area contributed by atoms with E-state index in [-0.39, 0.29) is 24.6 Å². The molecular weight excluding hydrogens is 340 g/mol. The van der Waals surface area contributed by atoms with Gasteiger partial charge in [-0.15, -0.1) is 12.4 Å². The van der Waals surface area contributed by atoms with Crippen molar-refractivity contribution in [3.05, 3.63) is 24.3 Å². The van der Waals surface area contributed by atoms with Crippen molar-refractivity contribution in [2.24, 2.45) is 11.7 Å². The summed E-state index contributed by atoms with van der Waals surface area (Å²) in [6.45, 7) is 4.68. The Bertz CT molecular complexity index is 605. The zero-order valence-electron chi connectivity index (χ0n) is 13.6. The van der Waals surface area contributed by atoms with Gasteiger partial charge in [-0.25, -0.2) is 8.42 Å². The molecule has 0 saturated heterocycles. The molecule has 23 heavy (non-hydrogen) atoms. The topological polar surface area (TPSA) is 98.5 Å². The van der Waals surface area contributed by atoms with Crippen molar-refractivity contribution < 1.29 is 17.9 Å². The molecule has 0 fully saturated rings. The number of amides is 1. The summed E-state index contributed by atoms with van der Waals surface area (Å²) in [5, 5.41) is 2.67. The van der Waals surface area contributed by atoms with Crippen molar-refractivity contribution in [2.75, 3.05) is 23.9 Å². The number of anilines is 1.